The maximum atomic E-state index is 11.7. The maximum Gasteiger partial charge on any atom is 0.338 e. The second kappa shape index (κ2) is 10.0. The first-order valence-electron chi connectivity index (χ1n) is 9.28. The Hall–Kier alpha value is -3.68. The molecule has 0 aliphatic carbocycles. The molecule has 0 atom stereocenters. The van der Waals surface area contributed by atoms with E-state index in [2.05, 4.69) is 25.8 Å². The zero-order valence-corrected chi connectivity index (χ0v) is 16.4. The van der Waals surface area contributed by atoms with Crippen LogP contribution in [0.5, 0.6) is 5.75 Å². The van der Waals surface area contributed by atoms with Crippen LogP contribution in [0.1, 0.15) is 22.8 Å². The maximum absolute atomic E-state index is 11.7. The fourth-order valence-electron chi connectivity index (χ4n) is 2.60. The van der Waals surface area contributed by atoms with Crippen molar-refractivity contribution < 1.29 is 14.3 Å². The minimum atomic E-state index is -0.342. The molecule has 1 aromatic heterocycles. The third kappa shape index (κ3) is 5.90. The highest BCUT2D eigenvalue weighted by Crippen LogP contribution is 2.16. The van der Waals surface area contributed by atoms with Crippen LogP contribution >= 0.6 is 0 Å². The molecule has 0 unspecified atom stereocenters. The Morgan fingerprint density at radius 1 is 1.07 bits per heavy atom. The van der Waals surface area contributed by atoms with Crippen LogP contribution in [0.4, 0.5) is 17.5 Å². The van der Waals surface area contributed by atoms with Crippen LogP contribution in [-0.4, -0.2) is 41.4 Å². The molecule has 0 bridgehead atoms. The number of nitrogens with zero attached hydrogens (tertiary/aromatic N) is 3. The van der Waals surface area contributed by atoms with E-state index in [0.29, 0.717) is 30.5 Å². The summed E-state index contributed by atoms with van der Waals surface area (Å²) in [4.78, 5) is 16.1. The van der Waals surface area contributed by atoms with Gasteiger partial charge in [-0.2, -0.15) is 10.1 Å². The number of ether oxygens (including phenoxy) is 2. The Bertz CT molecular complexity index is 930. The molecule has 150 valence electrons. The summed E-state index contributed by atoms with van der Waals surface area (Å²) >= 11 is 0. The fourth-order valence-corrected chi connectivity index (χ4v) is 2.60. The molecular weight excluding hydrogens is 370 g/mol. The van der Waals surface area contributed by atoms with Crippen molar-refractivity contribution in [3.05, 3.63) is 65.9 Å². The molecule has 0 saturated carbocycles. The van der Waals surface area contributed by atoms with Gasteiger partial charge in [0.05, 0.1) is 25.5 Å². The molecule has 8 heteroatoms. The number of carbonyl (C=O) groups excluding carboxylic acids is 1. The third-order valence-corrected chi connectivity index (χ3v) is 4.08. The van der Waals surface area contributed by atoms with E-state index in [4.69, 9.17) is 9.47 Å². The van der Waals surface area contributed by atoms with Gasteiger partial charge in [-0.3, -0.25) is 0 Å². The van der Waals surface area contributed by atoms with Crippen LogP contribution in [0.3, 0.4) is 0 Å². The van der Waals surface area contributed by atoms with E-state index in [1.807, 2.05) is 24.3 Å². The second-order valence-electron chi connectivity index (χ2n) is 6.11. The summed E-state index contributed by atoms with van der Waals surface area (Å²) in [7, 11) is 1.65. The molecule has 0 aliphatic rings. The van der Waals surface area contributed by atoms with Gasteiger partial charge in [-0.25, -0.2) is 4.79 Å². The Kier molecular flexibility index (Phi) is 6.94. The normalized spacial score (nSPS) is 10.3. The summed E-state index contributed by atoms with van der Waals surface area (Å²) in [5.74, 6) is 1.48. The number of aromatic nitrogens is 3. The Labute approximate surface area is 169 Å². The van der Waals surface area contributed by atoms with E-state index in [9.17, 15) is 4.79 Å². The van der Waals surface area contributed by atoms with Crippen LogP contribution in [-0.2, 0) is 11.2 Å². The van der Waals surface area contributed by atoms with Crippen molar-refractivity contribution >= 4 is 23.4 Å². The molecule has 29 heavy (non-hydrogen) atoms. The SMILES string of the molecule is CCOC(=O)c1ccc(Nc2cnnc(NCCc3ccc(OC)cc3)n2)cc1. The lowest BCUT2D eigenvalue weighted by atomic mass is 10.1. The average Bonchev–Trinajstić information content (AvgIpc) is 2.75. The molecule has 0 spiro atoms. The molecule has 3 rings (SSSR count). The minimum Gasteiger partial charge on any atom is -0.497 e. The van der Waals surface area contributed by atoms with Gasteiger partial charge in [0.1, 0.15) is 5.75 Å². The lowest BCUT2D eigenvalue weighted by Gasteiger charge is -2.09. The Balaban J connectivity index is 1.54. The van der Waals surface area contributed by atoms with Crippen molar-refractivity contribution in [2.45, 2.75) is 13.3 Å². The van der Waals surface area contributed by atoms with Crippen molar-refractivity contribution in [1.82, 2.24) is 15.2 Å². The molecule has 0 aliphatic heterocycles. The predicted molar refractivity (Wildman–Crippen MR) is 111 cm³/mol. The van der Waals surface area contributed by atoms with E-state index in [0.717, 1.165) is 17.9 Å². The lowest BCUT2D eigenvalue weighted by molar-refractivity contribution is 0.0526. The van der Waals surface area contributed by atoms with Crippen molar-refractivity contribution in [3.8, 4) is 5.75 Å². The molecule has 3 aromatic rings. The van der Waals surface area contributed by atoms with Crippen LogP contribution in [0.2, 0.25) is 0 Å². The number of esters is 1. The summed E-state index contributed by atoms with van der Waals surface area (Å²) in [5.41, 5.74) is 2.46. The summed E-state index contributed by atoms with van der Waals surface area (Å²) in [6, 6.07) is 14.9. The summed E-state index contributed by atoms with van der Waals surface area (Å²) in [5, 5.41) is 14.3. The standard InChI is InChI=1S/C21H23N5O3/c1-3-29-20(27)16-6-8-17(9-7-16)24-19-14-23-26-21(25-19)22-13-12-15-4-10-18(28-2)11-5-15/h4-11,14H,3,12-13H2,1-2H3,(H2,22,24,25,26). The van der Waals surface area contributed by atoms with Crippen molar-refractivity contribution in [2.24, 2.45) is 0 Å². The minimum absolute atomic E-state index is 0.342. The molecular formula is C21H23N5O3. The first-order chi connectivity index (χ1) is 14.2. The molecule has 2 N–H and O–H groups in total. The van der Waals surface area contributed by atoms with Crippen molar-refractivity contribution in [3.63, 3.8) is 0 Å². The first kappa shape index (κ1) is 20.1. The number of carbonyl (C=O) groups is 1. The number of anilines is 3. The molecule has 1 heterocycles. The third-order valence-electron chi connectivity index (χ3n) is 4.08. The number of nitrogens with one attached hydrogen (secondary N) is 2. The van der Waals surface area contributed by atoms with Crippen LogP contribution in [0, 0.1) is 0 Å². The molecule has 0 amide bonds. The second-order valence-corrected chi connectivity index (χ2v) is 6.11. The summed E-state index contributed by atoms with van der Waals surface area (Å²) < 4.78 is 10.1. The van der Waals surface area contributed by atoms with Gasteiger partial charge in [0.15, 0.2) is 5.82 Å². The zero-order valence-electron chi connectivity index (χ0n) is 16.4. The van der Waals surface area contributed by atoms with Gasteiger partial charge >= 0.3 is 5.97 Å². The highest BCUT2D eigenvalue weighted by Gasteiger charge is 2.06. The van der Waals surface area contributed by atoms with Crippen molar-refractivity contribution in [2.75, 3.05) is 30.9 Å². The molecule has 8 nitrogen and oxygen atoms in total. The number of benzene rings is 2. The van der Waals surface area contributed by atoms with Gasteiger partial charge in [-0.1, -0.05) is 12.1 Å². The smallest absolute Gasteiger partial charge is 0.338 e. The number of rotatable bonds is 9. The highest BCUT2D eigenvalue weighted by molar-refractivity contribution is 5.89. The van der Waals surface area contributed by atoms with Gasteiger partial charge in [0.2, 0.25) is 5.95 Å². The van der Waals surface area contributed by atoms with Gasteiger partial charge < -0.3 is 20.1 Å². The Morgan fingerprint density at radius 2 is 1.83 bits per heavy atom. The van der Waals surface area contributed by atoms with Gasteiger partial charge in [-0.15, -0.1) is 5.10 Å². The number of methoxy groups -OCH3 is 1. The largest absolute Gasteiger partial charge is 0.497 e. The fraction of sp³-hybridized carbons (Fsp3) is 0.238. The molecule has 0 fully saturated rings. The van der Waals surface area contributed by atoms with E-state index in [-0.39, 0.29) is 5.97 Å². The Morgan fingerprint density at radius 3 is 2.52 bits per heavy atom. The molecule has 0 radical (unpaired) electrons. The van der Waals surface area contributed by atoms with Crippen LogP contribution < -0.4 is 15.4 Å². The van der Waals surface area contributed by atoms with E-state index in [1.165, 1.54) is 11.8 Å². The topological polar surface area (TPSA) is 98.3 Å². The van der Waals surface area contributed by atoms with Crippen molar-refractivity contribution in [1.29, 1.82) is 0 Å². The molecule has 0 saturated heterocycles. The average molecular weight is 393 g/mol. The predicted octanol–water partition coefficient (Wildman–Crippen LogP) is 3.46. The van der Waals surface area contributed by atoms with Gasteiger partial charge in [-0.05, 0) is 55.3 Å². The zero-order chi connectivity index (χ0) is 20.5. The monoisotopic (exact) mass is 393 g/mol. The highest BCUT2D eigenvalue weighted by atomic mass is 16.5. The van der Waals surface area contributed by atoms with Crippen LogP contribution in [0.25, 0.3) is 0 Å². The van der Waals surface area contributed by atoms with E-state index in [1.54, 1.807) is 38.3 Å². The van der Waals surface area contributed by atoms with E-state index >= 15 is 0 Å². The number of hydrogen-bond acceptors (Lipinski definition) is 8. The summed E-state index contributed by atoms with van der Waals surface area (Å²) in [6.45, 7) is 2.80. The molecule has 2 aromatic carbocycles. The summed E-state index contributed by atoms with van der Waals surface area (Å²) in [6.07, 6.45) is 2.36. The first-order valence-corrected chi connectivity index (χ1v) is 9.28. The lowest BCUT2D eigenvalue weighted by Crippen LogP contribution is -2.09. The number of hydrogen-bond donors (Lipinski definition) is 2. The van der Waals surface area contributed by atoms with Gasteiger partial charge in [0, 0.05) is 12.2 Å². The van der Waals surface area contributed by atoms with E-state index < -0.39 is 0 Å². The quantitative estimate of drug-likeness (QED) is 0.534. The van der Waals surface area contributed by atoms with Gasteiger partial charge in [0.25, 0.3) is 0 Å². The van der Waals surface area contributed by atoms with Crippen LogP contribution in [0.15, 0.2) is 54.7 Å².